The summed E-state index contributed by atoms with van der Waals surface area (Å²) in [5.41, 5.74) is 0. The van der Waals surface area contributed by atoms with Crippen LogP contribution in [0.4, 0.5) is 4.79 Å². The molecule has 2 aliphatic rings. The van der Waals surface area contributed by atoms with Crippen LogP contribution in [0.15, 0.2) is 0 Å². The first kappa shape index (κ1) is 11.6. The molecular weight excluding hydrogens is 208 g/mol. The van der Waals surface area contributed by atoms with Gasteiger partial charge in [-0.3, -0.25) is 4.90 Å². The van der Waals surface area contributed by atoms with Gasteiger partial charge in [0.1, 0.15) is 6.61 Å². The molecule has 0 radical (unpaired) electrons. The first-order valence-corrected chi connectivity index (χ1v) is 4.61. The Morgan fingerprint density at radius 1 is 1.57 bits per heavy atom. The highest BCUT2D eigenvalue weighted by Gasteiger charge is 2.35. The van der Waals surface area contributed by atoms with Crippen molar-refractivity contribution in [1.82, 2.24) is 10.2 Å². The summed E-state index contributed by atoms with van der Waals surface area (Å²) in [4.78, 5) is 12.8. The van der Waals surface area contributed by atoms with E-state index in [9.17, 15) is 9.90 Å². The van der Waals surface area contributed by atoms with Crippen LogP contribution in [0.2, 0.25) is 0 Å². The van der Waals surface area contributed by atoms with Gasteiger partial charge in [-0.2, -0.15) is 0 Å². The van der Waals surface area contributed by atoms with Gasteiger partial charge in [0.05, 0.1) is 18.7 Å². The van der Waals surface area contributed by atoms with Crippen LogP contribution in [0.3, 0.4) is 0 Å². The Labute approximate surface area is 88.8 Å². The minimum atomic E-state index is -0.459. The van der Waals surface area contributed by atoms with Gasteiger partial charge in [-0.1, -0.05) is 0 Å². The lowest BCUT2D eigenvalue weighted by atomic mass is 10.0. The number of rotatable bonds is 1. The van der Waals surface area contributed by atoms with E-state index >= 15 is 0 Å². The standard InChI is InChI=1S/C8H14N2O3.ClH/c11-7-5-9-2-1-6(7)10-3-4-13-8(10)12;/h6-7,9,11H,1-5H2;1H. The first-order chi connectivity index (χ1) is 6.29. The number of piperidine rings is 1. The van der Waals surface area contributed by atoms with E-state index in [4.69, 9.17) is 4.74 Å². The van der Waals surface area contributed by atoms with Crippen LogP contribution < -0.4 is 5.32 Å². The minimum Gasteiger partial charge on any atom is -0.448 e. The molecule has 14 heavy (non-hydrogen) atoms. The lowest BCUT2D eigenvalue weighted by Gasteiger charge is -2.33. The van der Waals surface area contributed by atoms with E-state index in [1.165, 1.54) is 0 Å². The number of carbonyl (C=O) groups excluding carboxylic acids is 1. The van der Waals surface area contributed by atoms with Gasteiger partial charge in [0, 0.05) is 6.54 Å². The maximum Gasteiger partial charge on any atom is 0.410 e. The van der Waals surface area contributed by atoms with E-state index in [1.807, 2.05) is 0 Å². The molecule has 0 aliphatic carbocycles. The van der Waals surface area contributed by atoms with Crippen molar-refractivity contribution in [2.75, 3.05) is 26.2 Å². The third kappa shape index (κ3) is 2.10. The maximum absolute atomic E-state index is 11.2. The molecule has 0 bridgehead atoms. The molecule has 1 amide bonds. The number of aliphatic hydroxyl groups is 1. The zero-order valence-corrected chi connectivity index (χ0v) is 8.63. The van der Waals surface area contributed by atoms with Gasteiger partial charge in [0.15, 0.2) is 0 Å². The van der Waals surface area contributed by atoms with Gasteiger partial charge in [0.2, 0.25) is 0 Å². The van der Waals surface area contributed by atoms with Crippen molar-refractivity contribution in [3.8, 4) is 0 Å². The van der Waals surface area contributed by atoms with Crippen molar-refractivity contribution in [3.63, 3.8) is 0 Å². The summed E-state index contributed by atoms with van der Waals surface area (Å²) in [5.74, 6) is 0. The number of amides is 1. The predicted octanol–water partition coefficient (Wildman–Crippen LogP) is -0.417. The summed E-state index contributed by atoms with van der Waals surface area (Å²) in [6.45, 7) is 2.48. The van der Waals surface area contributed by atoms with Crippen molar-refractivity contribution in [2.24, 2.45) is 0 Å². The van der Waals surface area contributed by atoms with Crippen LogP contribution >= 0.6 is 12.4 Å². The summed E-state index contributed by atoms with van der Waals surface area (Å²) >= 11 is 0. The van der Waals surface area contributed by atoms with E-state index < -0.39 is 6.10 Å². The van der Waals surface area contributed by atoms with Gasteiger partial charge >= 0.3 is 6.09 Å². The molecule has 0 saturated carbocycles. The Morgan fingerprint density at radius 3 is 2.93 bits per heavy atom. The fourth-order valence-electron chi connectivity index (χ4n) is 1.90. The van der Waals surface area contributed by atoms with Crippen LogP contribution in [0.5, 0.6) is 0 Å². The van der Waals surface area contributed by atoms with Crippen molar-refractivity contribution < 1.29 is 14.6 Å². The van der Waals surface area contributed by atoms with Crippen LogP contribution in [0.1, 0.15) is 6.42 Å². The molecule has 2 atom stereocenters. The van der Waals surface area contributed by atoms with E-state index in [2.05, 4.69) is 5.32 Å². The molecule has 2 unspecified atom stereocenters. The molecule has 82 valence electrons. The molecule has 2 rings (SSSR count). The smallest absolute Gasteiger partial charge is 0.410 e. The van der Waals surface area contributed by atoms with Crippen LogP contribution in [-0.4, -0.2) is 54.5 Å². The van der Waals surface area contributed by atoms with E-state index in [-0.39, 0.29) is 24.5 Å². The topological polar surface area (TPSA) is 61.8 Å². The average molecular weight is 223 g/mol. The van der Waals surface area contributed by atoms with Gasteiger partial charge in [0.25, 0.3) is 0 Å². The fourth-order valence-corrected chi connectivity index (χ4v) is 1.90. The molecule has 2 heterocycles. The number of nitrogens with zero attached hydrogens (tertiary/aromatic N) is 1. The molecular formula is C8H15ClN2O3. The van der Waals surface area contributed by atoms with Crippen LogP contribution in [0.25, 0.3) is 0 Å². The van der Waals surface area contributed by atoms with Crippen molar-refractivity contribution in [1.29, 1.82) is 0 Å². The number of nitrogens with one attached hydrogen (secondary N) is 1. The van der Waals surface area contributed by atoms with E-state index in [0.29, 0.717) is 19.7 Å². The molecule has 0 spiro atoms. The van der Waals surface area contributed by atoms with Gasteiger partial charge in [-0.05, 0) is 13.0 Å². The van der Waals surface area contributed by atoms with Crippen molar-refractivity contribution in [3.05, 3.63) is 0 Å². The molecule has 2 aliphatic heterocycles. The molecule has 0 aromatic rings. The number of β-amino-alcohol motifs (C(OH)–C–C–N with tert-alkyl or cyclic N) is 1. The summed E-state index contributed by atoms with van der Waals surface area (Å²) in [6, 6.07) is -0.0590. The van der Waals surface area contributed by atoms with E-state index in [0.717, 1.165) is 13.0 Å². The summed E-state index contributed by atoms with van der Waals surface area (Å²) in [5, 5.41) is 12.7. The fraction of sp³-hybridized carbons (Fsp3) is 0.875. The average Bonchev–Trinajstić information content (AvgIpc) is 2.52. The Hall–Kier alpha value is -0.520. The van der Waals surface area contributed by atoms with Crippen LogP contribution in [0, 0.1) is 0 Å². The zero-order chi connectivity index (χ0) is 9.26. The molecule has 6 heteroatoms. The Balaban J connectivity index is 0.000000980. The molecule has 2 fully saturated rings. The van der Waals surface area contributed by atoms with Gasteiger partial charge in [-0.25, -0.2) is 4.79 Å². The lowest BCUT2D eigenvalue weighted by molar-refractivity contribution is 0.0499. The highest BCUT2D eigenvalue weighted by atomic mass is 35.5. The van der Waals surface area contributed by atoms with Crippen molar-refractivity contribution in [2.45, 2.75) is 18.6 Å². The maximum atomic E-state index is 11.2. The summed E-state index contributed by atoms with van der Waals surface area (Å²) < 4.78 is 4.82. The monoisotopic (exact) mass is 222 g/mol. The quantitative estimate of drug-likeness (QED) is 0.633. The van der Waals surface area contributed by atoms with Crippen molar-refractivity contribution >= 4 is 18.5 Å². The summed E-state index contributed by atoms with van der Waals surface area (Å²) in [7, 11) is 0. The third-order valence-electron chi connectivity index (χ3n) is 2.61. The number of aliphatic hydroxyl groups excluding tert-OH is 1. The Bertz CT molecular complexity index is 215. The number of halogens is 1. The lowest BCUT2D eigenvalue weighted by Crippen LogP contribution is -2.53. The predicted molar refractivity (Wildman–Crippen MR) is 52.6 cm³/mol. The normalized spacial score (nSPS) is 32.4. The van der Waals surface area contributed by atoms with Gasteiger partial charge in [-0.15, -0.1) is 12.4 Å². The molecule has 2 saturated heterocycles. The number of carbonyl (C=O) groups is 1. The second kappa shape index (κ2) is 4.82. The number of ether oxygens (including phenoxy) is 1. The number of hydrogen-bond donors (Lipinski definition) is 2. The second-order valence-corrected chi connectivity index (χ2v) is 3.44. The largest absolute Gasteiger partial charge is 0.448 e. The first-order valence-electron chi connectivity index (χ1n) is 4.61. The molecule has 0 aromatic heterocycles. The second-order valence-electron chi connectivity index (χ2n) is 3.44. The zero-order valence-electron chi connectivity index (χ0n) is 7.81. The van der Waals surface area contributed by atoms with Crippen LogP contribution in [-0.2, 0) is 4.74 Å². The third-order valence-corrected chi connectivity index (χ3v) is 2.61. The highest BCUT2D eigenvalue weighted by molar-refractivity contribution is 5.85. The Morgan fingerprint density at radius 2 is 2.36 bits per heavy atom. The highest BCUT2D eigenvalue weighted by Crippen LogP contribution is 2.16. The molecule has 0 aromatic carbocycles. The van der Waals surface area contributed by atoms with Gasteiger partial charge < -0.3 is 15.2 Å². The Kier molecular flexibility index (Phi) is 3.97. The molecule has 5 nitrogen and oxygen atoms in total. The summed E-state index contributed by atoms with van der Waals surface area (Å²) in [6.07, 6.45) is 0.0568. The van der Waals surface area contributed by atoms with E-state index in [1.54, 1.807) is 4.90 Å². The SMILES string of the molecule is Cl.O=C1OCCN1C1CCNCC1O. The minimum absolute atomic E-state index is 0. The number of cyclic esters (lactones) is 1. The number of hydrogen-bond acceptors (Lipinski definition) is 4. The molecule has 2 N–H and O–H groups in total.